The molecule has 0 saturated heterocycles. The maximum atomic E-state index is 4.27. The normalized spacial score (nSPS) is 18.1. The van der Waals surface area contributed by atoms with Crippen LogP contribution >= 0.6 is 0 Å². The van der Waals surface area contributed by atoms with Gasteiger partial charge in [0, 0.05) is 24.3 Å². The van der Waals surface area contributed by atoms with Crippen molar-refractivity contribution >= 4 is 0 Å². The van der Waals surface area contributed by atoms with Crippen LogP contribution in [0.5, 0.6) is 0 Å². The third kappa shape index (κ3) is 2.59. The largest absolute Gasteiger partial charge is 0.310 e. The second-order valence-corrected chi connectivity index (χ2v) is 4.72. The molecule has 84 valence electrons. The van der Waals surface area contributed by atoms with E-state index in [4.69, 9.17) is 0 Å². The molecule has 0 aromatic carbocycles. The summed E-state index contributed by atoms with van der Waals surface area (Å²) in [5, 5.41) is 7.84. The molecular weight excluding hydrogens is 186 g/mol. The van der Waals surface area contributed by atoms with Crippen LogP contribution in [0, 0.1) is 12.8 Å². The lowest BCUT2D eigenvalue weighted by atomic mass is 10.1. The van der Waals surface area contributed by atoms with Crippen LogP contribution in [-0.2, 0) is 7.05 Å². The van der Waals surface area contributed by atoms with E-state index in [0.29, 0.717) is 6.04 Å². The molecule has 1 fully saturated rings. The SMILES string of the molecule is Cc1c(C(C)NCCC2CC2)cnn1C. The first-order valence-corrected chi connectivity index (χ1v) is 5.90. The van der Waals surface area contributed by atoms with Crippen LogP contribution in [0.3, 0.4) is 0 Å². The Bertz CT molecular complexity index is 326. The quantitative estimate of drug-likeness (QED) is 0.802. The monoisotopic (exact) mass is 207 g/mol. The van der Waals surface area contributed by atoms with E-state index in [1.165, 1.54) is 30.5 Å². The Hall–Kier alpha value is -0.830. The lowest BCUT2D eigenvalue weighted by Gasteiger charge is -2.13. The molecule has 1 aromatic heterocycles. The smallest absolute Gasteiger partial charge is 0.0540 e. The molecule has 1 heterocycles. The maximum absolute atomic E-state index is 4.27. The average molecular weight is 207 g/mol. The van der Waals surface area contributed by atoms with Gasteiger partial charge < -0.3 is 5.32 Å². The first-order chi connectivity index (χ1) is 7.18. The predicted octanol–water partition coefficient (Wildman–Crippen LogP) is 2.18. The molecule has 0 aliphatic heterocycles. The summed E-state index contributed by atoms with van der Waals surface area (Å²) in [6.45, 7) is 5.48. The molecule has 1 saturated carbocycles. The van der Waals surface area contributed by atoms with Gasteiger partial charge in [0.2, 0.25) is 0 Å². The van der Waals surface area contributed by atoms with E-state index in [-0.39, 0.29) is 0 Å². The topological polar surface area (TPSA) is 29.9 Å². The number of aromatic nitrogens is 2. The first kappa shape index (κ1) is 10.7. The fraction of sp³-hybridized carbons (Fsp3) is 0.750. The Kier molecular flexibility index (Phi) is 3.10. The van der Waals surface area contributed by atoms with Crippen LogP contribution in [0.4, 0.5) is 0 Å². The van der Waals surface area contributed by atoms with Gasteiger partial charge in [-0.05, 0) is 32.7 Å². The minimum absolute atomic E-state index is 0.428. The summed E-state index contributed by atoms with van der Waals surface area (Å²) < 4.78 is 1.94. The highest BCUT2D eigenvalue weighted by Gasteiger charge is 2.20. The van der Waals surface area contributed by atoms with Crippen molar-refractivity contribution in [3.63, 3.8) is 0 Å². The molecule has 0 radical (unpaired) electrons. The fourth-order valence-electron chi connectivity index (χ4n) is 1.96. The molecule has 1 aromatic rings. The van der Waals surface area contributed by atoms with E-state index in [9.17, 15) is 0 Å². The van der Waals surface area contributed by atoms with Gasteiger partial charge in [-0.15, -0.1) is 0 Å². The van der Waals surface area contributed by atoms with Gasteiger partial charge in [0.05, 0.1) is 6.20 Å². The number of nitrogens with zero attached hydrogens (tertiary/aromatic N) is 2. The molecule has 3 heteroatoms. The van der Waals surface area contributed by atoms with Crippen molar-refractivity contribution in [2.24, 2.45) is 13.0 Å². The summed E-state index contributed by atoms with van der Waals surface area (Å²) in [7, 11) is 2.00. The van der Waals surface area contributed by atoms with E-state index in [0.717, 1.165) is 12.5 Å². The molecule has 0 bridgehead atoms. The maximum Gasteiger partial charge on any atom is 0.0540 e. The third-order valence-electron chi connectivity index (χ3n) is 3.44. The van der Waals surface area contributed by atoms with Crippen molar-refractivity contribution in [1.29, 1.82) is 0 Å². The fourth-order valence-corrected chi connectivity index (χ4v) is 1.96. The van der Waals surface area contributed by atoms with Gasteiger partial charge in [-0.25, -0.2) is 0 Å². The Morgan fingerprint density at radius 1 is 1.60 bits per heavy atom. The first-order valence-electron chi connectivity index (χ1n) is 5.90. The third-order valence-corrected chi connectivity index (χ3v) is 3.44. The number of nitrogens with one attached hydrogen (secondary N) is 1. The Balaban J connectivity index is 1.83. The summed E-state index contributed by atoms with van der Waals surface area (Å²) in [6.07, 6.45) is 6.21. The standard InChI is InChI=1S/C12H21N3/c1-9(13-7-6-11-4-5-11)12-8-14-15(3)10(12)2/h8-9,11,13H,4-7H2,1-3H3. The molecule has 1 aliphatic carbocycles. The van der Waals surface area contributed by atoms with E-state index >= 15 is 0 Å². The average Bonchev–Trinajstić information content (AvgIpc) is 2.96. The summed E-state index contributed by atoms with van der Waals surface area (Å²) in [4.78, 5) is 0. The number of rotatable bonds is 5. The van der Waals surface area contributed by atoms with Crippen LogP contribution in [0.15, 0.2) is 6.20 Å². The van der Waals surface area contributed by atoms with Crippen molar-refractivity contribution in [2.45, 2.75) is 39.2 Å². The molecule has 1 unspecified atom stereocenters. The molecule has 1 N–H and O–H groups in total. The van der Waals surface area contributed by atoms with Crippen molar-refractivity contribution in [3.05, 3.63) is 17.5 Å². The van der Waals surface area contributed by atoms with E-state index < -0.39 is 0 Å². The lowest BCUT2D eigenvalue weighted by molar-refractivity contribution is 0.537. The zero-order chi connectivity index (χ0) is 10.8. The van der Waals surface area contributed by atoms with Gasteiger partial charge in [0.1, 0.15) is 0 Å². The van der Waals surface area contributed by atoms with Crippen LogP contribution in [-0.4, -0.2) is 16.3 Å². The molecule has 15 heavy (non-hydrogen) atoms. The Morgan fingerprint density at radius 2 is 2.33 bits per heavy atom. The zero-order valence-electron chi connectivity index (χ0n) is 9.95. The number of aryl methyl sites for hydroxylation is 1. The van der Waals surface area contributed by atoms with Gasteiger partial charge in [0.15, 0.2) is 0 Å². The number of hydrogen-bond acceptors (Lipinski definition) is 2. The van der Waals surface area contributed by atoms with E-state index in [1.54, 1.807) is 0 Å². The van der Waals surface area contributed by atoms with Gasteiger partial charge >= 0.3 is 0 Å². The van der Waals surface area contributed by atoms with Crippen molar-refractivity contribution < 1.29 is 0 Å². The predicted molar refractivity (Wildman–Crippen MR) is 61.7 cm³/mol. The highest BCUT2D eigenvalue weighted by Crippen LogP contribution is 2.32. The molecule has 0 spiro atoms. The summed E-state index contributed by atoms with van der Waals surface area (Å²) in [5.41, 5.74) is 2.59. The highest BCUT2D eigenvalue weighted by molar-refractivity contribution is 5.19. The summed E-state index contributed by atoms with van der Waals surface area (Å²) in [5.74, 6) is 1.01. The molecule has 0 amide bonds. The minimum atomic E-state index is 0.428. The van der Waals surface area contributed by atoms with Crippen LogP contribution in [0.2, 0.25) is 0 Å². The highest BCUT2D eigenvalue weighted by atomic mass is 15.3. The van der Waals surface area contributed by atoms with Crippen molar-refractivity contribution in [1.82, 2.24) is 15.1 Å². The van der Waals surface area contributed by atoms with Gasteiger partial charge in [0.25, 0.3) is 0 Å². The second kappa shape index (κ2) is 4.35. The van der Waals surface area contributed by atoms with Crippen LogP contribution in [0.25, 0.3) is 0 Å². The van der Waals surface area contributed by atoms with Gasteiger partial charge in [-0.1, -0.05) is 12.8 Å². The van der Waals surface area contributed by atoms with Gasteiger partial charge in [-0.3, -0.25) is 4.68 Å². The van der Waals surface area contributed by atoms with Crippen molar-refractivity contribution in [3.8, 4) is 0 Å². The van der Waals surface area contributed by atoms with Crippen LogP contribution in [0.1, 0.15) is 43.5 Å². The summed E-state index contributed by atoms with van der Waals surface area (Å²) in [6, 6.07) is 0.428. The molecule has 1 aliphatic rings. The van der Waals surface area contributed by atoms with Crippen LogP contribution < -0.4 is 5.32 Å². The van der Waals surface area contributed by atoms with Gasteiger partial charge in [-0.2, -0.15) is 5.10 Å². The summed E-state index contributed by atoms with van der Waals surface area (Å²) >= 11 is 0. The van der Waals surface area contributed by atoms with E-state index in [2.05, 4.69) is 24.3 Å². The molecule has 1 atom stereocenters. The Morgan fingerprint density at radius 3 is 2.87 bits per heavy atom. The molecule has 3 nitrogen and oxygen atoms in total. The number of hydrogen-bond donors (Lipinski definition) is 1. The van der Waals surface area contributed by atoms with E-state index in [1.807, 2.05) is 17.9 Å². The molecular formula is C12H21N3. The lowest BCUT2D eigenvalue weighted by Crippen LogP contribution is -2.20. The Labute approximate surface area is 91.9 Å². The molecule has 2 rings (SSSR count). The van der Waals surface area contributed by atoms with Crippen molar-refractivity contribution in [2.75, 3.05) is 6.54 Å². The second-order valence-electron chi connectivity index (χ2n) is 4.72. The zero-order valence-corrected chi connectivity index (χ0v) is 9.95. The minimum Gasteiger partial charge on any atom is -0.310 e.